The average molecular weight is 490 g/mol. The third-order valence-corrected chi connectivity index (χ3v) is 4.63. The van der Waals surface area contributed by atoms with E-state index in [0.29, 0.717) is 6.54 Å². The maximum atomic E-state index is 9.68. The Kier molecular flexibility index (Phi) is 9.16. The van der Waals surface area contributed by atoms with E-state index >= 15 is 0 Å². The largest absolute Gasteiger partial charge is 0.396 e. The fourth-order valence-corrected chi connectivity index (χ4v) is 3.14. The third kappa shape index (κ3) is 5.90. The van der Waals surface area contributed by atoms with Gasteiger partial charge < -0.3 is 15.7 Å². The number of hydrogen-bond acceptors (Lipinski definition) is 3. The predicted molar refractivity (Wildman–Crippen MR) is 126 cm³/mol. The Morgan fingerprint density at radius 3 is 2.57 bits per heavy atom. The van der Waals surface area contributed by atoms with Gasteiger partial charge in [0, 0.05) is 37.6 Å². The number of benzene rings is 2. The molecule has 1 aromatic heterocycles. The number of fused-ring (bicyclic) bond motifs is 1. The summed E-state index contributed by atoms with van der Waals surface area (Å²) in [6.07, 6.45) is 2.69. The van der Waals surface area contributed by atoms with Crippen molar-refractivity contribution in [2.75, 3.05) is 26.7 Å². The molecule has 1 heterocycles. The zero-order chi connectivity index (χ0) is 18.9. The number of pyridine rings is 1. The summed E-state index contributed by atoms with van der Waals surface area (Å²) in [5.74, 6) is 0.768. The molecule has 0 bridgehead atoms. The van der Waals surface area contributed by atoms with Crippen LogP contribution in [0.3, 0.4) is 0 Å². The van der Waals surface area contributed by atoms with E-state index in [4.69, 9.17) is 0 Å². The molecule has 3 rings (SSSR count). The number of aromatic nitrogens is 1. The van der Waals surface area contributed by atoms with Crippen LogP contribution in [0, 0.1) is 0 Å². The number of aliphatic imine (C=N–C) groups is 1. The highest BCUT2D eigenvalue weighted by Gasteiger charge is 2.11. The SMILES string of the molecule is CN=C(NCCc1cccc2cccnc12)NCC(CO)c1ccccc1.I. The Hall–Kier alpha value is -2.19. The van der Waals surface area contributed by atoms with E-state index in [0.717, 1.165) is 35.4 Å². The van der Waals surface area contributed by atoms with Gasteiger partial charge in [-0.15, -0.1) is 24.0 Å². The lowest BCUT2D eigenvalue weighted by molar-refractivity contribution is 0.265. The van der Waals surface area contributed by atoms with Crippen molar-refractivity contribution < 1.29 is 5.11 Å². The number of halogens is 1. The maximum absolute atomic E-state index is 9.68. The summed E-state index contributed by atoms with van der Waals surface area (Å²) < 4.78 is 0. The van der Waals surface area contributed by atoms with Gasteiger partial charge in [0.25, 0.3) is 0 Å². The van der Waals surface area contributed by atoms with Gasteiger partial charge in [0.2, 0.25) is 0 Å². The van der Waals surface area contributed by atoms with Crippen LogP contribution in [0.1, 0.15) is 17.0 Å². The van der Waals surface area contributed by atoms with Gasteiger partial charge in [-0.05, 0) is 23.6 Å². The quantitative estimate of drug-likeness (QED) is 0.270. The number of aliphatic hydroxyl groups excluding tert-OH is 1. The molecule has 0 aliphatic carbocycles. The highest BCUT2D eigenvalue weighted by atomic mass is 127. The second kappa shape index (κ2) is 11.6. The van der Waals surface area contributed by atoms with Gasteiger partial charge in [0.15, 0.2) is 5.96 Å². The predicted octanol–water partition coefficient (Wildman–Crippen LogP) is 3.34. The van der Waals surface area contributed by atoms with E-state index in [1.165, 1.54) is 5.56 Å². The number of aliphatic hydroxyl groups is 1. The van der Waals surface area contributed by atoms with Crippen LogP contribution in [-0.4, -0.2) is 42.8 Å². The van der Waals surface area contributed by atoms with E-state index in [-0.39, 0.29) is 36.5 Å². The van der Waals surface area contributed by atoms with Gasteiger partial charge in [0.1, 0.15) is 0 Å². The topological polar surface area (TPSA) is 69.5 Å². The molecule has 0 aliphatic heterocycles. The van der Waals surface area contributed by atoms with E-state index in [2.05, 4.69) is 44.9 Å². The number of para-hydroxylation sites is 1. The fraction of sp³-hybridized carbons (Fsp3) is 0.273. The summed E-state index contributed by atoms with van der Waals surface area (Å²) >= 11 is 0. The summed E-state index contributed by atoms with van der Waals surface area (Å²) in [6.45, 7) is 1.47. The number of nitrogens with one attached hydrogen (secondary N) is 2. The molecule has 1 unspecified atom stereocenters. The van der Waals surface area contributed by atoms with Crippen molar-refractivity contribution in [1.29, 1.82) is 0 Å². The first kappa shape index (κ1) is 22.1. The van der Waals surface area contributed by atoms with Crippen LogP contribution in [0.4, 0.5) is 0 Å². The minimum Gasteiger partial charge on any atom is -0.396 e. The van der Waals surface area contributed by atoms with Crippen LogP contribution >= 0.6 is 24.0 Å². The molecule has 3 aromatic rings. The Morgan fingerprint density at radius 1 is 1.04 bits per heavy atom. The van der Waals surface area contributed by atoms with Gasteiger partial charge in [-0.25, -0.2) is 0 Å². The monoisotopic (exact) mass is 490 g/mol. The van der Waals surface area contributed by atoms with Crippen LogP contribution < -0.4 is 10.6 Å². The van der Waals surface area contributed by atoms with Crippen molar-refractivity contribution in [3.63, 3.8) is 0 Å². The van der Waals surface area contributed by atoms with Crippen LogP contribution in [0.5, 0.6) is 0 Å². The molecule has 148 valence electrons. The summed E-state index contributed by atoms with van der Waals surface area (Å²) in [6, 6.07) is 20.3. The highest BCUT2D eigenvalue weighted by Crippen LogP contribution is 2.16. The smallest absolute Gasteiger partial charge is 0.191 e. The lowest BCUT2D eigenvalue weighted by atomic mass is 10.0. The standard InChI is InChI=1S/C22H26N4O.HI/c1-23-22(26-15-20(16-27)17-7-3-2-4-8-17)25-14-12-19-10-5-9-18-11-6-13-24-21(18)19;/h2-11,13,20,27H,12,14-16H2,1H3,(H2,23,25,26);1H. The van der Waals surface area contributed by atoms with Gasteiger partial charge in [0.05, 0.1) is 12.1 Å². The van der Waals surface area contributed by atoms with Gasteiger partial charge >= 0.3 is 0 Å². The van der Waals surface area contributed by atoms with E-state index < -0.39 is 0 Å². The second-order valence-corrected chi connectivity index (χ2v) is 6.41. The van der Waals surface area contributed by atoms with Crippen LogP contribution in [0.25, 0.3) is 10.9 Å². The minimum absolute atomic E-state index is 0. The van der Waals surface area contributed by atoms with Crippen molar-refractivity contribution in [2.24, 2.45) is 4.99 Å². The molecule has 0 amide bonds. The molecular weight excluding hydrogens is 463 g/mol. The van der Waals surface area contributed by atoms with Gasteiger partial charge in [-0.2, -0.15) is 0 Å². The molecule has 0 saturated heterocycles. The number of rotatable bonds is 7. The molecule has 0 saturated carbocycles. The van der Waals surface area contributed by atoms with Crippen LogP contribution in [-0.2, 0) is 6.42 Å². The molecule has 1 atom stereocenters. The Bertz CT molecular complexity index is 881. The van der Waals surface area contributed by atoms with E-state index in [1.807, 2.05) is 42.6 Å². The molecule has 0 radical (unpaired) electrons. The summed E-state index contributed by atoms with van der Waals surface area (Å²) in [5, 5.41) is 17.5. The molecule has 3 N–H and O–H groups in total. The first-order valence-electron chi connectivity index (χ1n) is 9.24. The van der Waals surface area contributed by atoms with Crippen molar-refractivity contribution in [3.8, 4) is 0 Å². The zero-order valence-corrected chi connectivity index (χ0v) is 18.3. The molecule has 0 aliphatic rings. The van der Waals surface area contributed by atoms with Crippen molar-refractivity contribution >= 4 is 40.8 Å². The lowest BCUT2D eigenvalue weighted by Crippen LogP contribution is -2.40. The van der Waals surface area contributed by atoms with E-state index in [1.54, 1.807) is 7.05 Å². The second-order valence-electron chi connectivity index (χ2n) is 6.41. The highest BCUT2D eigenvalue weighted by molar-refractivity contribution is 14.0. The van der Waals surface area contributed by atoms with Crippen molar-refractivity contribution in [3.05, 3.63) is 78.0 Å². The average Bonchev–Trinajstić information content (AvgIpc) is 2.73. The molecule has 0 spiro atoms. The maximum Gasteiger partial charge on any atom is 0.191 e. The van der Waals surface area contributed by atoms with Crippen molar-refractivity contribution in [2.45, 2.75) is 12.3 Å². The lowest BCUT2D eigenvalue weighted by Gasteiger charge is -2.18. The third-order valence-electron chi connectivity index (χ3n) is 4.63. The molecule has 28 heavy (non-hydrogen) atoms. The van der Waals surface area contributed by atoms with Crippen molar-refractivity contribution in [1.82, 2.24) is 15.6 Å². The molecular formula is C22H27IN4O. The Morgan fingerprint density at radius 2 is 1.82 bits per heavy atom. The Balaban J connectivity index is 0.00000280. The van der Waals surface area contributed by atoms with Gasteiger partial charge in [-0.1, -0.05) is 54.6 Å². The summed E-state index contributed by atoms with van der Waals surface area (Å²) in [7, 11) is 1.76. The zero-order valence-electron chi connectivity index (χ0n) is 16.0. The Labute approximate surface area is 183 Å². The summed E-state index contributed by atoms with van der Waals surface area (Å²) in [5.41, 5.74) is 3.38. The summed E-state index contributed by atoms with van der Waals surface area (Å²) in [4.78, 5) is 8.78. The molecule has 6 heteroatoms. The number of hydrogen-bond donors (Lipinski definition) is 3. The fourth-order valence-electron chi connectivity index (χ4n) is 3.14. The normalized spacial score (nSPS) is 12.3. The molecule has 2 aromatic carbocycles. The minimum atomic E-state index is 0. The molecule has 5 nitrogen and oxygen atoms in total. The van der Waals surface area contributed by atoms with Crippen LogP contribution in [0.2, 0.25) is 0 Å². The van der Waals surface area contributed by atoms with Crippen LogP contribution in [0.15, 0.2) is 71.9 Å². The number of guanidine groups is 1. The first-order chi connectivity index (χ1) is 13.3. The van der Waals surface area contributed by atoms with Gasteiger partial charge in [-0.3, -0.25) is 9.98 Å². The number of nitrogens with zero attached hydrogens (tertiary/aromatic N) is 2. The van der Waals surface area contributed by atoms with E-state index in [9.17, 15) is 5.11 Å². The first-order valence-corrected chi connectivity index (χ1v) is 9.24. The molecule has 0 fully saturated rings.